The van der Waals surface area contributed by atoms with Gasteiger partial charge in [-0.15, -0.1) is 0 Å². The van der Waals surface area contributed by atoms with Crippen molar-refractivity contribution in [3.63, 3.8) is 0 Å². The van der Waals surface area contributed by atoms with Crippen molar-refractivity contribution in [1.29, 1.82) is 0 Å². The highest BCUT2D eigenvalue weighted by Gasteiger charge is 2.11. The molecule has 0 saturated heterocycles. The molecule has 3 rings (SSSR count). The van der Waals surface area contributed by atoms with Gasteiger partial charge >= 0.3 is 0 Å². The van der Waals surface area contributed by atoms with Crippen molar-refractivity contribution < 1.29 is 9.18 Å². The Morgan fingerprint density at radius 1 is 1.22 bits per heavy atom. The van der Waals surface area contributed by atoms with Gasteiger partial charge in [-0.1, -0.05) is 18.2 Å². The van der Waals surface area contributed by atoms with E-state index in [2.05, 4.69) is 26.3 Å². The molecule has 0 bridgehead atoms. The molecule has 2 aromatic carbocycles. The Morgan fingerprint density at radius 3 is 2.83 bits per heavy atom. The number of anilines is 1. The van der Waals surface area contributed by atoms with Gasteiger partial charge in [0.25, 0.3) is 0 Å². The number of benzene rings is 2. The normalized spacial score (nSPS) is 10.7. The zero-order chi connectivity index (χ0) is 16.4. The van der Waals surface area contributed by atoms with E-state index in [1.807, 2.05) is 0 Å². The summed E-state index contributed by atoms with van der Waals surface area (Å²) >= 11 is 3.06. The van der Waals surface area contributed by atoms with E-state index in [4.69, 9.17) is 0 Å². The number of nitrogens with zero attached hydrogens (tertiary/aromatic N) is 2. The number of carbonyl (C=O) groups is 1. The number of nitrogens with one attached hydrogen (secondary N) is 1. The first-order chi connectivity index (χ1) is 11.1. The maximum Gasteiger partial charge on any atom is 0.246 e. The van der Waals surface area contributed by atoms with Gasteiger partial charge in [0.2, 0.25) is 11.3 Å². The Morgan fingerprint density at radius 2 is 2.00 bits per heavy atom. The molecule has 23 heavy (non-hydrogen) atoms. The van der Waals surface area contributed by atoms with Gasteiger partial charge in [0.1, 0.15) is 6.54 Å². The molecule has 0 fully saturated rings. The van der Waals surface area contributed by atoms with Crippen molar-refractivity contribution in [3.05, 3.63) is 69.2 Å². The minimum absolute atomic E-state index is 0.0784. The number of halogens is 2. The fourth-order valence-corrected chi connectivity index (χ4v) is 2.58. The standard InChI is InChI=1S/C16H11BrFN3O2/c17-11-5-3-6-12(16(11)18)20-15(23)9-21-13-7-2-1-4-10(13)14(22)8-19-21/h1-8H,9H2,(H,20,23). The lowest BCUT2D eigenvalue weighted by molar-refractivity contribution is -0.116. The van der Waals surface area contributed by atoms with Crippen LogP contribution in [-0.4, -0.2) is 15.7 Å². The van der Waals surface area contributed by atoms with E-state index in [1.54, 1.807) is 36.4 Å². The summed E-state index contributed by atoms with van der Waals surface area (Å²) in [5, 5.41) is 6.94. The van der Waals surface area contributed by atoms with Crippen LogP contribution in [-0.2, 0) is 11.3 Å². The molecule has 7 heteroatoms. The molecule has 3 aromatic rings. The zero-order valence-electron chi connectivity index (χ0n) is 11.8. The number of rotatable bonds is 3. The van der Waals surface area contributed by atoms with E-state index in [0.717, 1.165) is 6.20 Å². The second kappa shape index (κ2) is 6.29. The molecular formula is C16H11BrFN3O2. The summed E-state index contributed by atoms with van der Waals surface area (Å²) in [7, 11) is 0. The summed E-state index contributed by atoms with van der Waals surface area (Å²) < 4.78 is 15.6. The third kappa shape index (κ3) is 3.14. The fraction of sp³-hybridized carbons (Fsp3) is 0.0625. The molecule has 5 nitrogen and oxygen atoms in total. The van der Waals surface area contributed by atoms with Crippen molar-refractivity contribution in [3.8, 4) is 0 Å². The van der Waals surface area contributed by atoms with E-state index in [9.17, 15) is 14.0 Å². The topological polar surface area (TPSA) is 64.0 Å². The highest BCUT2D eigenvalue weighted by molar-refractivity contribution is 9.10. The van der Waals surface area contributed by atoms with Crippen molar-refractivity contribution in [2.45, 2.75) is 6.54 Å². The Hall–Kier alpha value is -2.54. The number of fused-ring (bicyclic) bond motifs is 1. The van der Waals surface area contributed by atoms with Crippen LogP contribution < -0.4 is 10.7 Å². The lowest BCUT2D eigenvalue weighted by Gasteiger charge is -2.10. The maximum absolute atomic E-state index is 13.9. The molecule has 0 saturated carbocycles. The number of hydrogen-bond acceptors (Lipinski definition) is 3. The zero-order valence-corrected chi connectivity index (χ0v) is 13.4. The van der Waals surface area contributed by atoms with Crippen molar-refractivity contribution in [1.82, 2.24) is 9.78 Å². The largest absolute Gasteiger partial charge is 0.322 e. The Bertz CT molecular complexity index is 955. The van der Waals surface area contributed by atoms with Gasteiger partial charge in [0, 0.05) is 5.39 Å². The summed E-state index contributed by atoms with van der Waals surface area (Å²) in [5.74, 6) is -0.984. The van der Waals surface area contributed by atoms with E-state index in [1.165, 1.54) is 10.7 Å². The van der Waals surface area contributed by atoms with Crippen LogP contribution in [0.15, 0.2) is 57.9 Å². The Kier molecular flexibility index (Phi) is 4.20. The van der Waals surface area contributed by atoms with E-state index in [-0.39, 0.29) is 22.1 Å². The summed E-state index contributed by atoms with van der Waals surface area (Å²) in [6.45, 7) is -0.132. The summed E-state index contributed by atoms with van der Waals surface area (Å²) in [6.07, 6.45) is 1.16. The molecule has 0 unspecified atom stereocenters. The van der Waals surface area contributed by atoms with Crippen LogP contribution in [0, 0.1) is 5.82 Å². The van der Waals surface area contributed by atoms with Crippen LogP contribution in [0.2, 0.25) is 0 Å². The lowest BCUT2D eigenvalue weighted by Crippen LogP contribution is -2.22. The van der Waals surface area contributed by atoms with Gasteiger partial charge in [0.05, 0.1) is 21.9 Å². The number of amides is 1. The molecule has 0 aliphatic heterocycles. The van der Waals surface area contributed by atoms with Crippen LogP contribution in [0.3, 0.4) is 0 Å². The first-order valence-electron chi connectivity index (χ1n) is 6.75. The number of hydrogen-bond donors (Lipinski definition) is 1. The average molecular weight is 376 g/mol. The number of carbonyl (C=O) groups excluding carboxylic acids is 1. The van der Waals surface area contributed by atoms with Gasteiger partial charge in [0.15, 0.2) is 5.82 Å². The SMILES string of the molecule is O=C(Cn1ncc(=O)c2ccccc21)Nc1cccc(Br)c1F. The van der Waals surface area contributed by atoms with Gasteiger partial charge in [-0.25, -0.2) is 4.39 Å². The van der Waals surface area contributed by atoms with Gasteiger partial charge in [-0.2, -0.15) is 5.10 Å². The Balaban J connectivity index is 1.88. The maximum atomic E-state index is 13.9. The van der Waals surface area contributed by atoms with Crippen LogP contribution in [0.4, 0.5) is 10.1 Å². The monoisotopic (exact) mass is 375 g/mol. The van der Waals surface area contributed by atoms with Gasteiger partial charge in [-0.05, 0) is 40.2 Å². The van der Waals surface area contributed by atoms with Gasteiger partial charge < -0.3 is 5.32 Å². The molecule has 0 atom stereocenters. The lowest BCUT2D eigenvalue weighted by atomic mass is 10.2. The van der Waals surface area contributed by atoms with Crippen LogP contribution in [0.5, 0.6) is 0 Å². The summed E-state index contributed by atoms with van der Waals surface area (Å²) in [6, 6.07) is 11.5. The number of aromatic nitrogens is 2. The second-order valence-corrected chi connectivity index (χ2v) is 5.69. The third-order valence-corrected chi connectivity index (χ3v) is 3.89. The van der Waals surface area contributed by atoms with Crippen LogP contribution >= 0.6 is 15.9 Å². The summed E-state index contributed by atoms with van der Waals surface area (Å²) in [5.41, 5.74) is 0.412. The Labute approximate surface area is 138 Å². The predicted molar refractivity (Wildman–Crippen MR) is 88.7 cm³/mol. The highest BCUT2D eigenvalue weighted by atomic mass is 79.9. The van der Waals surface area contributed by atoms with E-state index >= 15 is 0 Å². The van der Waals surface area contributed by atoms with E-state index < -0.39 is 11.7 Å². The molecule has 1 heterocycles. The van der Waals surface area contributed by atoms with Crippen LogP contribution in [0.1, 0.15) is 0 Å². The molecule has 0 radical (unpaired) electrons. The first kappa shape index (κ1) is 15.4. The average Bonchev–Trinajstić information content (AvgIpc) is 2.55. The summed E-state index contributed by atoms with van der Waals surface area (Å²) in [4.78, 5) is 23.9. The molecule has 1 aromatic heterocycles. The molecule has 0 spiro atoms. The minimum Gasteiger partial charge on any atom is -0.322 e. The second-order valence-electron chi connectivity index (χ2n) is 4.83. The minimum atomic E-state index is -0.543. The van der Waals surface area contributed by atoms with Crippen LogP contribution in [0.25, 0.3) is 10.9 Å². The number of para-hydroxylation sites is 1. The van der Waals surface area contributed by atoms with Crippen molar-refractivity contribution >= 4 is 38.4 Å². The predicted octanol–water partition coefficient (Wildman–Crippen LogP) is 2.94. The highest BCUT2D eigenvalue weighted by Crippen LogP contribution is 2.22. The molecule has 1 N–H and O–H groups in total. The molecular weight excluding hydrogens is 365 g/mol. The molecule has 1 amide bonds. The fourth-order valence-electron chi connectivity index (χ4n) is 2.21. The van der Waals surface area contributed by atoms with Crippen molar-refractivity contribution in [2.24, 2.45) is 0 Å². The quantitative estimate of drug-likeness (QED) is 0.765. The molecule has 0 aliphatic carbocycles. The molecule has 116 valence electrons. The van der Waals surface area contributed by atoms with Crippen molar-refractivity contribution in [2.75, 3.05) is 5.32 Å². The van der Waals surface area contributed by atoms with Gasteiger partial charge in [-0.3, -0.25) is 14.3 Å². The van der Waals surface area contributed by atoms with E-state index in [0.29, 0.717) is 10.9 Å². The smallest absolute Gasteiger partial charge is 0.246 e. The first-order valence-corrected chi connectivity index (χ1v) is 7.54. The third-order valence-electron chi connectivity index (χ3n) is 3.28. The molecule has 0 aliphatic rings.